The highest BCUT2D eigenvalue weighted by atomic mass is 32.2. The van der Waals surface area contributed by atoms with Gasteiger partial charge in [0.25, 0.3) is 5.91 Å². The van der Waals surface area contributed by atoms with Crippen LogP contribution in [0.25, 0.3) is 0 Å². The molecule has 0 aromatic heterocycles. The van der Waals surface area contributed by atoms with Gasteiger partial charge in [-0.05, 0) is 37.1 Å². The molecule has 0 aliphatic rings. The predicted octanol–water partition coefficient (Wildman–Crippen LogP) is 4.37. The number of benzene rings is 2. The molecule has 2 aromatic carbocycles. The van der Waals surface area contributed by atoms with Gasteiger partial charge in [-0.2, -0.15) is 0 Å². The summed E-state index contributed by atoms with van der Waals surface area (Å²) >= 11 is 1.32. The number of carbonyl (C=O) groups is 2. The van der Waals surface area contributed by atoms with Crippen molar-refractivity contribution in [3.8, 4) is 0 Å². The van der Waals surface area contributed by atoms with E-state index in [0.29, 0.717) is 17.0 Å². The minimum Gasteiger partial charge on any atom is -0.478 e. The van der Waals surface area contributed by atoms with Crippen molar-refractivity contribution >= 4 is 23.6 Å². The van der Waals surface area contributed by atoms with E-state index in [1.165, 1.54) is 11.8 Å². The molecule has 24 heavy (non-hydrogen) atoms. The van der Waals surface area contributed by atoms with E-state index in [1.54, 1.807) is 18.2 Å². The zero-order chi connectivity index (χ0) is 17.5. The van der Waals surface area contributed by atoms with Crippen LogP contribution in [0, 0.1) is 6.92 Å². The number of carboxylic acids is 1. The minimum absolute atomic E-state index is 0.128. The lowest BCUT2D eigenvalue weighted by Crippen LogP contribution is -2.24. The molecule has 0 spiro atoms. The lowest BCUT2D eigenvalue weighted by atomic mass is 10.1. The average Bonchev–Trinajstić information content (AvgIpc) is 2.57. The summed E-state index contributed by atoms with van der Waals surface area (Å²) in [5, 5.41) is 12.3. The predicted molar refractivity (Wildman–Crippen MR) is 95.9 cm³/mol. The van der Waals surface area contributed by atoms with Crippen molar-refractivity contribution in [3.05, 3.63) is 59.2 Å². The molecule has 5 heteroatoms. The molecule has 0 fully saturated rings. The molecule has 0 unspecified atom stereocenters. The maximum absolute atomic E-state index is 12.4. The fourth-order valence-electron chi connectivity index (χ4n) is 2.28. The van der Waals surface area contributed by atoms with E-state index >= 15 is 0 Å². The SMILES string of the molecule is CCCCNC(=O)c1ccccc1Sc1c(C)cccc1C(=O)O. The van der Waals surface area contributed by atoms with Crippen molar-refractivity contribution in [2.24, 2.45) is 0 Å². The molecule has 0 bridgehead atoms. The van der Waals surface area contributed by atoms with Crippen LogP contribution in [0.3, 0.4) is 0 Å². The summed E-state index contributed by atoms with van der Waals surface area (Å²) in [6.45, 7) is 4.58. The van der Waals surface area contributed by atoms with Crippen molar-refractivity contribution in [2.75, 3.05) is 6.54 Å². The number of hydrogen-bond donors (Lipinski definition) is 2. The lowest BCUT2D eigenvalue weighted by molar-refractivity contribution is 0.0692. The first-order chi connectivity index (χ1) is 11.5. The first kappa shape index (κ1) is 18.1. The summed E-state index contributed by atoms with van der Waals surface area (Å²) in [6.07, 6.45) is 1.95. The average molecular weight is 343 g/mol. The number of aromatic carboxylic acids is 1. The Bertz CT molecular complexity index is 743. The van der Waals surface area contributed by atoms with Crippen molar-refractivity contribution < 1.29 is 14.7 Å². The van der Waals surface area contributed by atoms with Crippen LogP contribution in [0.4, 0.5) is 0 Å². The Morgan fingerprint density at radius 1 is 1.08 bits per heavy atom. The molecule has 1 amide bonds. The number of hydrogen-bond acceptors (Lipinski definition) is 3. The van der Waals surface area contributed by atoms with Crippen LogP contribution in [0.5, 0.6) is 0 Å². The van der Waals surface area contributed by atoms with Crippen molar-refractivity contribution in [3.63, 3.8) is 0 Å². The van der Waals surface area contributed by atoms with Crippen molar-refractivity contribution in [1.82, 2.24) is 5.32 Å². The normalized spacial score (nSPS) is 10.4. The molecule has 2 aromatic rings. The molecule has 0 atom stereocenters. The van der Waals surface area contributed by atoms with Gasteiger partial charge in [-0.15, -0.1) is 0 Å². The Morgan fingerprint density at radius 2 is 1.79 bits per heavy atom. The van der Waals surface area contributed by atoms with E-state index in [0.717, 1.165) is 23.3 Å². The molecule has 2 N–H and O–H groups in total. The first-order valence-corrected chi connectivity index (χ1v) is 8.74. The van der Waals surface area contributed by atoms with Crippen LogP contribution in [0.1, 0.15) is 46.0 Å². The maximum atomic E-state index is 12.4. The van der Waals surface area contributed by atoms with E-state index in [-0.39, 0.29) is 11.5 Å². The third-order valence-electron chi connectivity index (χ3n) is 3.60. The van der Waals surface area contributed by atoms with Crippen molar-refractivity contribution in [1.29, 1.82) is 0 Å². The number of rotatable bonds is 7. The lowest BCUT2D eigenvalue weighted by Gasteiger charge is -2.13. The molecule has 0 heterocycles. The second-order valence-electron chi connectivity index (χ2n) is 5.46. The summed E-state index contributed by atoms with van der Waals surface area (Å²) in [4.78, 5) is 25.3. The summed E-state index contributed by atoms with van der Waals surface area (Å²) in [5.41, 5.74) is 1.69. The highest BCUT2D eigenvalue weighted by molar-refractivity contribution is 7.99. The minimum atomic E-state index is -0.967. The second-order valence-corrected chi connectivity index (χ2v) is 6.52. The van der Waals surface area contributed by atoms with E-state index in [2.05, 4.69) is 12.2 Å². The molecular weight excluding hydrogens is 322 g/mol. The maximum Gasteiger partial charge on any atom is 0.336 e. The quantitative estimate of drug-likeness (QED) is 0.733. The van der Waals surface area contributed by atoms with Gasteiger partial charge < -0.3 is 10.4 Å². The Kier molecular flexibility index (Phi) is 6.44. The fourth-order valence-corrected chi connectivity index (χ4v) is 3.42. The number of unbranched alkanes of at least 4 members (excludes halogenated alkanes) is 1. The highest BCUT2D eigenvalue weighted by Crippen LogP contribution is 2.35. The number of amides is 1. The fraction of sp³-hybridized carbons (Fsp3) is 0.263. The third-order valence-corrected chi connectivity index (χ3v) is 4.92. The summed E-state index contributed by atoms with van der Waals surface area (Å²) in [6, 6.07) is 12.5. The van der Waals surface area contributed by atoms with E-state index in [1.807, 2.05) is 31.2 Å². The van der Waals surface area contributed by atoms with E-state index in [4.69, 9.17) is 0 Å². The first-order valence-electron chi connectivity index (χ1n) is 7.92. The number of nitrogens with one attached hydrogen (secondary N) is 1. The number of carbonyl (C=O) groups excluding carboxylic acids is 1. The molecule has 0 aliphatic carbocycles. The number of aryl methyl sites for hydroxylation is 1. The third kappa shape index (κ3) is 4.38. The summed E-state index contributed by atoms with van der Waals surface area (Å²) in [5.74, 6) is -1.09. The van der Waals surface area contributed by atoms with Gasteiger partial charge in [0.1, 0.15) is 0 Å². The van der Waals surface area contributed by atoms with Crippen LogP contribution >= 0.6 is 11.8 Å². The van der Waals surface area contributed by atoms with Crippen LogP contribution in [-0.2, 0) is 0 Å². The Hall–Kier alpha value is -2.27. The van der Waals surface area contributed by atoms with Gasteiger partial charge in [0.2, 0.25) is 0 Å². The van der Waals surface area contributed by atoms with E-state index < -0.39 is 5.97 Å². The van der Waals surface area contributed by atoms with Crippen LogP contribution in [0.15, 0.2) is 52.3 Å². The smallest absolute Gasteiger partial charge is 0.336 e. The van der Waals surface area contributed by atoms with Gasteiger partial charge in [0, 0.05) is 16.3 Å². The second kappa shape index (κ2) is 8.55. The molecule has 0 saturated carbocycles. The largest absolute Gasteiger partial charge is 0.478 e. The van der Waals surface area contributed by atoms with Gasteiger partial charge in [-0.25, -0.2) is 4.79 Å². The van der Waals surface area contributed by atoms with Gasteiger partial charge in [0.15, 0.2) is 0 Å². The Labute approximate surface area is 146 Å². The molecule has 0 aliphatic heterocycles. The number of carboxylic acid groups (broad SMARTS) is 1. The standard InChI is InChI=1S/C19H21NO3S/c1-3-4-12-20-18(21)14-9-5-6-11-16(14)24-17-13(2)8-7-10-15(17)19(22)23/h5-11H,3-4,12H2,1-2H3,(H,20,21)(H,22,23). The Balaban J connectivity index is 2.32. The molecular formula is C19H21NO3S. The topological polar surface area (TPSA) is 66.4 Å². The van der Waals surface area contributed by atoms with Crippen molar-refractivity contribution in [2.45, 2.75) is 36.5 Å². The molecule has 126 valence electrons. The molecule has 4 nitrogen and oxygen atoms in total. The Morgan fingerprint density at radius 3 is 2.50 bits per heavy atom. The van der Waals surface area contributed by atoms with E-state index in [9.17, 15) is 14.7 Å². The van der Waals surface area contributed by atoms with Crippen LogP contribution < -0.4 is 5.32 Å². The summed E-state index contributed by atoms with van der Waals surface area (Å²) < 4.78 is 0. The van der Waals surface area contributed by atoms with Gasteiger partial charge in [-0.3, -0.25) is 4.79 Å². The zero-order valence-corrected chi connectivity index (χ0v) is 14.7. The highest BCUT2D eigenvalue weighted by Gasteiger charge is 2.17. The van der Waals surface area contributed by atoms with Crippen LogP contribution in [-0.4, -0.2) is 23.5 Å². The monoisotopic (exact) mass is 343 g/mol. The summed E-state index contributed by atoms with van der Waals surface area (Å²) in [7, 11) is 0. The van der Waals surface area contributed by atoms with Crippen LogP contribution in [0.2, 0.25) is 0 Å². The molecule has 2 rings (SSSR count). The molecule has 0 radical (unpaired) electrons. The zero-order valence-electron chi connectivity index (χ0n) is 13.8. The van der Waals surface area contributed by atoms with Gasteiger partial charge in [-0.1, -0.05) is 49.4 Å². The van der Waals surface area contributed by atoms with Gasteiger partial charge >= 0.3 is 5.97 Å². The molecule has 0 saturated heterocycles. The van der Waals surface area contributed by atoms with Gasteiger partial charge in [0.05, 0.1) is 11.1 Å².